The number of hydrogen-bond acceptors (Lipinski definition) is 2. The zero-order valence-corrected chi connectivity index (χ0v) is 12.1. The molecular weight excluding hydrogens is 236 g/mol. The van der Waals surface area contributed by atoms with Gasteiger partial charge in [-0.1, -0.05) is 32.9 Å². The van der Waals surface area contributed by atoms with Gasteiger partial charge in [-0.15, -0.1) is 5.10 Å². The summed E-state index contributed by atoms with van der Waals surface area (Å²) >= 11 is 0. The van der Waals surface area contributed by atoms with Crippen LogP contribution in [0.3, 0.4) is 0 Å². The Bertz CT molecular complexity index is 570. The second-order valence-electron chi connectivity index (χ2n) is 5.45. The molecule has 0 saturated heterocycles. The third kappa shape index (κ3) is 2.80. The zero-order valence-electron chi connectivity index (χ0n) is 12.1. The topological polar surface area (TPSA) is 38.1 Å². The highest BCUT2D eigenvalue weighted by Crippen LogP contribution is 2.26. The Morgan fingerprint density at radius 2 is 2.05 bits per heavy atom. The maximum absolute atomic E-state index is 10.0. The van der Waals surface area contributed by atoms with Crippen LogP contribution >= 0.6 is 0 Å². The summed E-state index contributed by atoms with van der Waals surface area (Å²) < 4.78 is 1.89. The van der Waals surface area contributed by atoms with E-state index in [4.69, 9.17) is 0 Å². The summed E-state index contributed by atoms with van der Waals surface area (Å²) in [5, 5.41) is 14.3. The highest BCUT2D eigenvalue weighted by molar-refractivity contribution is 5.41. The molecule has 3 nitrogen and oxygen atoms in total. The van der Waals surface area contributed by atoms with Gasteiger partial charge in [-0.25, -0.2) is 4.68 Å². The zero-order chi connectivity index (χ0) is 14.0. The lowest BCUT2D eigenvalue weighted by atomic mass is 10.0. The van der Waals surface area contributed by atoms with Crippen molar-refractivity contribution in [2.24, 2.45) is 5.92 Å². The van der Waals surface area contributed by atoms with Crippen LogP contribution < -0.4 is 0 Å². The quantitative estimate of drug-likeness (QED) is 0.909. The van der Waals surface area contributed by atoms with Crippen LogP contribution in [0.5, 0.6) is 5.88 Å². The van der Waals surface area contributed by atoms with Crippen LogP contribution in [-0.2, 0) is 12.8 Å². The van der Waals surface area contributed by atoms with Gasteiger partial charge in [0, 0.05) is 5.56 Å². The van der Waals surface area contributed by atoms with Crippen LogP contribution in [0.25, 0.3) is 5.69 Å². The summed E-state index contributed by atoms with van der Waals surface area (Å²) in [5.41, 5.74) is 4.31. The van der Waals surface area contributed by atoms with Gasteiger partial charge in [0.25, 0.3) is 0 Å². The predicted molar refractivity (Wildman–Crippen MR) is 77.9 cm³/mol. The van der Waals surface area contributed by atoms with E-state index in [1.807, 2.05) is 16.8 Å². The van der Waals surface area contributed by atoms with E-state index in [0.717, 1.165) is 29.8 Å². The SMILES string of the molecule is CCc1c(O)nn(-c2cccc(C)c2)c1CC(C)C. The lowest BCUT2D eigenvalue weighted by Crippen LogP contribution is -2.07. The van der Waals surface area contributed by atoms with Gasteiger partial charge in [0.2, 0.25) is 5.88 Å². The Morgan fingerprint density at radius 3 is 2.63 bits per heavy atom. The predicted octanol–water partition coefficient (Wildman–Crippen LogP) is 3.65. The fourth-order valence-electron chi connectivity index (χ4n) is 2.40. The van der Waals surface area contributed by atoms with E-state index in [0.29, 0.717) is 5.92 Å². The number of hydrogen-bond donors (Lipinski definition) is 1. The molecule has 0 unspecified atom stereocenters. The summed E-state index contributed by atoms with van der Waals surface area (Å²) in [6.45, 7) is 8.49. The molecule has 0 bridgehead atoms. The first kappa shape index (κ1) is 13.7. The van der Waals surface area contributed by atoms with E-state index in [9.17, 15) is 5.11 Å². The summed E-state index contributed by atoms with van der Waals surface area (Å²) in [6, 6.07) is 8.21. The third-order valence-electron chi connectivity index (χ3n) is 3.27. The van der Waals surface area contributed by atoms with Gasteiger partial charge in [-0.3, -0.25) is 0 Å². The van der Waals surface area contributed by atoms with Crippen LogP contribution in [-0.4, -0.2) is 14.9 Å². The molecule has 0 radical (unpaired) electrons. The summed E-state index contributed by atoms with van der Waals surface area (Å²) in [7, 11) is 0. The minimum Gasteiger partial charge on any atom is -0.492 e. The van der Waals surface area contributed by atoms with Crippen molar-refractivity contribution in [1.29, 1.82) is 0 Å². The monoisotopic (exact) mass is 258 g/mol. The Balaban J connectivity index is 2.56. The highest BCUT2D eigenvalue weighted by Gasteiger charge is 2.17. The molecule has 0 fully saturated rings. The van der Waals surface area contributed by atoms with Gasteiger partial charge in [0.1, 0.15) is 0 Å². The Hall–Kier alpha value is -1.77. The van der Waals surface area contributed by atoms with Crippen molar-refractivity contribution in [1.82, 2.24) is 9.78 Å². The molecule has 2 rings (SSSR count). The summed E-state index contributed by atoms with van der Waals surface area (Å²) in [4.78, 5) is 0. The van der Waals surface area contributed by atoms with Gasteiger partial charge in [0.15, 0.2) is 0 Å². The molecule has 0 amide bonds. The van der Waals surface area contributed by atoms with Crippen LogP contribution in [0.1, 0.15) is 37.6 Å². The minimum absolute atomic E-state index is 0.166. The van der Waals surface area contributed by atoms with Gasteiger partial charge in [-0.2, -0.15) is 0 Å². The average Bonchev–Trinajstić information content (AvgIpc) is 2.65. The van der Waals surface area contributed by atoms with Gasteiger partial charge >= 0.3 is 0 Å². The molecular formula is C16H22N2O. The molecule has 2 aromatic rings. The van der Waals surface area contributed by atoms with Crippen LogP contribution in [0.2, 0.25) is 0 Å². The lowest BCUT2D eigenvalue weighted by molar-refractivity contribution is 0.442. The molecule has 0 saturated carbocycles. The smallest absolute Gasteiger partial charge is 0.234 e. The highest BCUT2D eigenvalue weighted by atomic mass is 16.3. The van der Waals surface area contributed by atoms with Crippen molar-refractivity contribution in [2.75, 3.05) is 0 Å². The number of benzene rings is 1. The average molecular weight is 258 g/mol. The van der Waals surface area contributed by atoms with Gasteiger partial charge in [0.05, 0.1) is 11.4 Å². The second-order valence-corrected chi connectivity index (χ2v) is 5.45. The molecule has 1 heterocycles. The van der Waals surface area contributed by atoms with Gasteiger partial charge < -0.3 is 5.11 Å². The van der Waals surface area contributed by atoms with E-state index in [2.05, 4.69) is 44.9 Å². The van der Waals surface area contributed by atoms with E-state index >= 15 is 0 Å². The van der Waals surface area contributed by atoms with Crippen molar-refractivity contribution in [3.63, 3.8) is 0 Å². The van der Waals surface area contributed by atoms with Crippen LogP contribution in [0.4, 0.5) is 0 Å². The normalized spacial score (nSPS) is 11.2. The second kappa shape index (κ2) is 5.47. The standard InChI is InChI=1S/C16H22N2O/c1-5-14-15(9-11(2)3)18(17-16(14)19)13-8-6-7-12(4)10-13/h6-8,10-11H,5,9H2,1-4H3,(H,17,19). The van der Waals surface area contributed by atoms with Crippen molar-refractivity contribution < 1.29 is 5.11 Å². The number of nitrogens with zero attached hydrogens (tertiary/aromatic N) is 2. The molecule has 1 aromatic carbocycles. The van der Waals surface area contributed by atoms with Crippen LogP contribution in [0, 0.1) is 12.8 Å². The Labute approximate surface area is 114 Å². The summed E-state index contributed by atoms with van der Waals surface area (Å²) in [6.07, 6.45) is 1.73. The number of aromatic nitrogens is 2. The van der Waals surface area contributed by atoms with Crippen molar-refractivity contribution >= 4 is 0 Å². The molecule has 1 N–H and O–H groups in total. The Morgan fingerprint density at radius 1 is 1.32 bits per heavy atom. The Kier molecular flexibility index (Phi) is 3.93. The maximum atomic E-state index is 10.0. The van der Waals surface area contributed by atoms with E-state index in [-0.39, 0.29) is 5.88 Å². The first-order valence-corrected chi connectivity index (χ1v) is 6.89. The molecule has 0 aliphatic heterocycles. The van der Waals surface area contributed by atoms with Gasteiger partial charge in [-0.05, 0) is 43.4 Å². The number of aromatic hydroxyl groups is 1. The molecule has 3 heteroatoms. The molecule has 1 aromatic heterocycles. The molecule has 102 valence electrons. The van der Waals surface area contributed by atoms with Crippen molar-refractivity contribution in [3.05, 3.63) is 41.1 Å². The largest absolute Gasteiger partial charge is 0.492 e. The molecule has 19 heavy (non-hydrogen) atoms. The minimum atomic E-state index is 0.166. The van der Waals surface area contributed by atoms with E-state index < -0.39 is 0 Å². The molecule has 0 aliphatic rings. The number of rotatable bonds is 4. The molecule has 0 atom stereocenters. The maximum Gasteiger partial charge on any atom is 0.234 e. The van der Waals surface area contributed by atoms with Crippen molar-refractivity contribution in [2.45, 2.75) is 40.5 Å². The fourth-order valence-corrected chi connectivity index (χ4v) is 2.40. The number of aryl methyl sites for hydroxylation is 1. The van der Waals surface area contributed by atoms with E-state index in [1.165, 1.54) is 5.56 Å². The van der Waals surface area contributed by atoms with Crippen LogP contribution in [0.15, 0.2) is 24.3 Å². The molecule has 0 spiro atoms. The molecule has 0 aliphatic carbocycles. The first-order chi connectivity index (χ1) is 9.02. The third-order valence-corrected chi connectivity index (χ3v) is 3.27. The fraction of sp³-hybridized carbons (Fsp3) is 0.438. The summed E-state index contributed by atoms with van der Waals surface area (Å²) in [5.74, 6) is 0.699. The van der Waals surface area contributed by atoms with E-state index in [1.54, 1.807) is 0 Å². The lowest BCUT2D eigenvalue weighted by Gasteiger charge is -2.11. The van der Waals surface area contributed by atoms with Crippen molar-refractivity contribution in [3.8, 4) is 11.6 Å². The first-order valence-electron chi connectivity index (χ1n) is 6.89.